The van der Waals surface area contributed by atoms with Gasteiger partial charge in [-0.1, -0.05) is 0 Å². The predicted octanol–water partition coefficient (Wildman–Crippen LogP) is 1.27. The molecule has 4 unspecified atom stereocenters. The Morgan fingerprint density at radius 2 is 1.24 bits per heavy atom. The van der Waals surface area contributed by atoms with Crippen LogP contribution in [0.1, 0.15) is 19.3 Å². The lowest BCUT2D eigenvalue weighted by Gasteiger charge is -2.23. The van der Waals surface area contributed by atoms with E-state index < -0.39 is 0 Å². The third-order valence-electron chi connectivity index (χ3n) is 4.54. The Kier molecular flexibility index (Phi) is 16.9. The van der Waals surface area contributed by atoms with Crippen LogP contribution in [-0.2, 0) is 42.6 Å². The fourth-order valence-corrected chi connectivity index (χ4v) is 2.70. The first-order valence-electron chi connectivity index (χ1n) is 10.3. The molecule has 4 atom stereocenters. The molecule has 0 amide bonds. The van der Waals surface area contributed by atoms with E-state index >= 15 is 0 Å². The second-order valence-electron chi connectivity index (χ2n) is 6.85. The Labute approximate surface area is 175 Å². The molecule has 0 N–H and O–H groups in total. The third kappa shape index (κ3) is 13.5. The molecule has 0 aromatic heterocycles. The van der Waals surface area contributed by atoms with Crippen LogP contribution in [0.4, 0.5) is 0 Å². The summed E-state index contributed by atoms with van der Waals surface area (Å²) in [6.45, 7) is 4.37. The lowest BCUT2D eigenvalue weighted by atomic mass is 10.2. The lowest BCUT2D eigenvalue weighted by Crippen LogP contribution is -2.32. The highest BCUT2D eigenvalue weighted by molar-refractivity contribution is 4.60. The summed E-state index contributed by atoms with van der Waals surface area (Å²) in [5.41, 5.74) is 0. The minimum absolute atomic E-state index is 0.0873. The molecular formula is C20H40O9. The fraction of sp³-hybridized carbons (Fsp3) is 1.00. The summed E-state index contributed by atoms with van der Waals surface area (Å²) in [7, 11) is 6.54. The minimum atomic E-state index is -0.169. The molecule has 0 bridgehead atoms. The largest absolute Gasteiger partial charge is 0.382 e. The zero-order chi connectivity index (χ0) is 21.2. The molecule has 0 aliphatic carbocycles. The van der Waals surface area contributed by atoms with E-state index in [4.69, 9.17) is 42.6 Å². The Morgan fingerprint density at radius 1 is 0.690 bits per heavy atom. The number of hydrogen-bond donors (Lipinski definition) is 0. The van der Waals surface area contributed by atoms with Crippen LogP contribution in [0.5, 0.6) is 0 Å². The zero-order valence-corrected chi connectivity index (χ0v) is 18.5. The molecular weight excluding hydrogens is 384 g/mol. The first kappa shape index (κ1) is 26.7. The maximum atomic E-state index is 5.71. The van der Waals surface area contributed by atoms with Gasteiger partial charge >= 0.3 is 0 Å². The van der Waals surface area contributed by atoms with Crippen LogP contribution >= 0.6 is 0 Å². The molecule has 174 valence electrons. The Hall–Kier alpha value is -0.360. The van der Waals surface area contributed by atoms with Crippen molar-refractivity contribution < 1.29 is 42.6 Å². The molecule has 1 aliphatic heterocycles. The number of hydrogen-bond acceptors (Lipinski definition) is 9. The van der Waals surface area contributed by atoms with Gasteiger partial charge in [-0.05, 0) is 19.3 Å². The molecule has 29 heavy (non-hydrogen) atoms. The van der Waals surface area contributed by atoms with Crippen molar-refractivity contribution in [2.45, 2.75) is 43.9 Å². The Bertz CT molecular complexity index is 353. The van der Waals surface area contributed by atoms with Crippen LogP contribution in [0.25, 0.3) is 0 Å². The van der Waals surface area contributed by atoms with Crippen molar-refractivity contribution in [3.05, 3.63) is 0 Å². The molecule has 1 rings (SSSR count). The highest BCUT2D eigenvalue weighted by atomic mass is 16.7. The summed E-state index contributed by atoms with van der Waals surface area (Å²) in [5, 5.41) is 0. The van der Waals surface area contributed by atoms with Crippen molar-refractivity contribution in [3.8, 4) is 0 Å². The van der Waals surface area contributed by atoms with Crippen LogP contribution < -0.4 is 0 Å². The zero-order valence-electron chi connectivity index (χ0n) is 18.5. The summed E-state index contributed by atoms with van der Waals surface area (Å²) in [6.07, 6.45) is 2.72. The monoisotopic (exact) mass is 424 g/mol. The predicted molar refractivity (Wildman–Crippen MR) is 106 cm³/mol. The SMILES string of the molecule is COCC(COCC(COCC(COCCOC1CCCCO1)OC)OC)OC. The van der Waals surface area contributed by atoms with E-state index in [2.05, 4.69) is 0 Å². The highest BCUT2D eigenvalue weighted by Crippen LogP contribution is 2.13. The normalized spacial score (nSPS) is 20.5. The first-order chi connectivity index (χ1) is 14.2. The number of ether oxygens (including phenoxy) is 9. The smallest absolute Gasteiger partial charge is 0.157 e. The van der Waals surface area contributed by atoms with Crippen LogP contribution in [0.2, 0.25) is 0 Å². The molecule has 0 aromatic carbocycles. The van der Waals surface area contributed by atoms with Gasteiger partial charge in [0.05, 0.1) is 52.9 Å². The quantitative estimate of drug-likeness (QED) is 0.285. The molecule has 1 fully saturated rings. The minimum Gasteiger partial charge on any atom is -0.382 e. The van der Waals surface area contributed by atoms with E-state index in [1.165, 1.54) is 0 Å². The van der Waals surface area contributed by atoms with Crippen molar-refractivity contribution >= 4 is 0 Å². The van der Waals surface area contributed by atoms with Crippen molar-refractivity contribution in [3.63, 3.8) is 0 Å². The second-order valence-corrected chi connectivity index (χ2v) is 6.85. The van der Waals surface area contributed by atoms with Gasteiger partial charge in [-0.3, -0.25) is 0 Å². The van der Waals surface area contributed by atoms with Gasteiger partial charge in [0, 0.05) is 35.0 Å². The molecule has 0 aromatic rings. The van der Waals surface area contributed by atoms with Crippen LogP contribution in [0, 0.1) is 0 Å². The average molecular weight is 425 g/mol. The molecule has 1 heterocycles. The van der Waals surface area contributed by atoms with E-state index in [1.54, 1.807) is 28.4 Å². The van der Waals surface area contributed by atoms with Gasteiger partial charge in [0.1, 0.15) is 18.3 Å². The average Bonchev–Trinajstić information content (AvgIpc) is 2.76. The van der Waals surface area contributed by atoms with Crippen molar-refractivity contribution in [1.29, 1.82) is 0 Å². The summed E-state index contributed by atoms with van der Waals surface area (Å²) < 4.78 is 49.2. The lowest BCUT2D eigenvalue weighted by molar-refractivity contribution is -0.171. The second kappa shape index (κ2) is 18.4. The molecule has 0 saturated carbocycles. The highest BCUT2D eigenvalue weighted by Gasteiger charge is 2.15. The third-order valence-corrected chi connectivity index (χ3v) is 4.54. The molecule has 9 nitrogen and oxygen atoms in total. The van der Waals surface area contributed by atoms with E-state index in [1.807, 2.05) is 0 Å². The van der Waals surface area contributed by atoms with Crippen molar-refractivity contribution in [2.75, 3.05) is 87.9 Å². The van der Waals surface area contributed by atoms with Gasteiger partial charge in [-0.2, -0.15) is 0 Å². The van der Waals surface area contributed by atoms with Crippen LogP contribution in [-0.4, -0.2) is 113 Å². The maximum Gasteiger partial charge on any atom is 0.157 e. The van der Waals surface area contributed by atoms with E-state index in [-0.39, 0.29) is 24.6 Å². The topological polar surface area (TPSA) is 83.1 Å². The van der Waals surface area contributed by atoms with Gasteiger partial charge in [0.15, 0.2) is 6.29 Å². The van der Waals surface area contributed by atoms with Gasteiger partial charge in [0.25, 0.3) is 0 Å². The molecule has 1 saturated heterocycles. The molecule has 9 heteroatoms. The van der Waals surface area contributed by atoms with Gasteiger partial charge in [-0.25, -0.2) is 0 Å². The standard InChI is InChI=1S/C20H40O9/c1-21-11-17(22-2)13-26-15-19(24-4)16-27-14-18(23-3)12-25-9-10-29-20-7-5-6-8-28-20/h17-20H,5-16H2,1-4H3. The molecule has 1 aliphatic rings. The van der Waals surface area contributed by atoms with Crippen LogP contribution in [0.15, 0.2) is 0 Å². The van der Waals surface area contributed by atoms with Gasteiger partial charge in [-0.15, -0.1) is 0 Å². The van der Waals surface area contributed by atoms with E-state index in [0.717, 1.165) is 25.9 Å². The molecule has 0 spiro atoms. The Balaban J connectivity index is 2.06. The Morgan fingerprint density at radius 3 is 1.72 bits per heavy atom. The summed E-state index contributed by atoms with van der Waals surface area (Å²) in [5.74, 6) is 0. The maximum absolute atomic E-state index is 5.71. The molecule has 0 radical (unpaired) electrons. The van der Waals surface area contributed by atoms with Crippen molar-refractivity contribution in [1.82, 2.24) is 0 Å². The number of rotatable bonds is 19. The fourth-order valence-electron chi connectivity index (χ4n) is 2.70. The summed E-state index contributed by atoms with van der Waals surface area (Å²) in [6, 6.07) is 0. The first-order valence-corrected chi connectivity index (χ1v) is 10.3. The van der Waals surface area contributed by atoms with Crippen molar-refractivity contribution in [2.24, 2.45) is 0 Å². The van der Waals surface area contributed by atoms with Crippen LogP contribution in [0.3, 0.4) is 0 Å². The van der Waals surface area contributed by atoms with Gasteiger partial charge in [0.2, 0.25) is 0 Å². The van der Waals surface area contributed by atoms with E-state index in [0.29, 0.717) is 52.9 Å². The number of methoxy groups -OCH3 is 4. The van der Waals surface area contributed by atoms with E-state index in [9.17, 15) is 0 Å². The summed E-state index contributed by atoms with van der Waals surface area (Å²) in [4.78, 5) is 0. The van der Waals surface area contributed by atoms with Gasteiger partial charge < -0.3 is 42.6 Å². The summed E-state index contributed by atoms with van der Waals surface area (Å²) >= 11 is 0.